The second-order valence-electron chi connectivity index (χ2n) is 5.00. The fraction of sp³-hybridized carbons (Fsp3) is 0.0526. The normalized spacial score (nSPS) is 11.6. The molecule has 0 heterocycles. The topological polar surface area (TPSA) is 75.7 Å². The molecule has 0 fully saturated rings. The summed E-state index contributed by atoms with van der Waals surface area (Å²) in [4.78, 5) is 15.5. The molecule has 0 aromatic heterocycles. The van der Waals surface area contributed by atoms with Gasteiger partial charge in [-0.2, -0.15) is 0 Å². The average molecular weight is 306 g/mol. The Kier molecular flexibility index (Phi) is 5.10. The fourth-order valence-electron chi connectivity index (χ4n) is 2.18. The highest BCUT2D eigenvalue weighted by Gasteiger charge is 2.07. The lowest BCUT2D eigenvalue weighted by Gasteiger charge is -2.07. The van der Waals surface area contributed by atoms with Gasteiger partial charge in [0.05, 0.1) is 17.0 Å². The van der Waals surface area contributed by atoms with E-state index in [1.165, 1.54) is 18.3 Å². The number of carboxylic acid groups (broad SMARTS) is 1. The van der Waals surface area contributed by atoms with Gasteiger partial charge in [-0.15, -0.1) is 0 Å². The molecule has 0 aliphatic carbocycles. The van der Waals surface area contributed by atoms with Crippen molar-refractivity contribution in [1.82, 2.24) is 0 Å². The van der Waals surface area contributed by atoms with Crippen molar-refractivity contribution in [2.75, 3.05) is 0 Å². The minimum Gasteiger partial charge on any atom is -0.478 e. The second-order valence-corrected chi connectivity index (χ2v) is 5.00. The Bertz CT molecular complexity index is 787. The van der Waals surface area contributed by atoms with Crippen molar-refractivity contribution in [3.05, 3.63) is 89.6 Å². The molecular formula is C19H18N2O2. The number of allylic oxidation sites excluding steroid dienone is 1. The van der Waals surface area contributed by atoms with E-state index in [0.717, 1.165) is 16.7 Å². The molecule has 116 valence electrons. The highest BCUT2D eigenvalue weighted by atomic mass is 16.4. The van der Waals surface area contributed by atoms with Gasteiger partial charge in [0.1, 0.15) is 0 Å². The van der Waals surface area contributed by atoms with Crippen molar-refractivity contribution in [2.24, 2.45) is 10.7 Å². The number of rotatable bonds is 5. The molecule has 0 atom stereocenters. The van der Waals surface area contributed by atoms with Crippen LogP contribution in [0.3, 0.4) is 0 Å². The Morgan fingerprint density at radius 2 is 1.74 bits per heavy atom. The minimum atomic E-state index is -0.964. The molecule has 0 bridgehead atoms. The summed E-state index contributed by atoms with van der Waals surface area (Å²) in [6, 6.07) is 14.3. The molecule has 0 spiro atoms. The van der Waals surface area contributed by atoms with E-state index in [1.54, 1.807) is 18.2 Å². The summed E-state index contributed by atoms with van der Waals surface area (Å²) in [6.45, 7) is 6.02. The maximum Gasteiger partial charge on any atom is 0.335 e. The van der Waals surface area contributed by atoms with Gasteiger partial charge in [-0.3, -0.25) is 0 Å². The maximum absolute atomic E-state index is 10.9. The first-order valence-electron chi connectivity index (χ1n) is 7.08. The van der Waals surface area contributed by atoms with Gasteiger partial charge in [-0.1, -0.05) is 43.0 Å². The van der Waals surface area contributed by atoms with E-state index in [1.807, 2.05) is 31.2 Å². The van der Waals surface area contributed by atoms with E-state index < -0.39 is 5.97 Å². The lowest BCUT2D eigenvalue weighted by atomic mass is 10.0. The van der Waals surface area contributed by atoms with Gasteiger partial charge < -0.3 is 10.8 Å². The smallest absolute Gasteiger partial charge is 0.335 e. The van der Waals surface area contributed by atoms with Gasteiger partial charge in [0.2, 0.25) is 0 Å². The largest absolute Gasteiger partial charge is 0.478 e. The van der Waals surface area contributed by atoms with Crippen molar-refractivity contribution in [2.45, 2.75) is 6.92 Å². The first kappa shape index (κ1) is 16.2. The number of nitrogens with two attached hydrogens (primary N) is 1. The maximum atomic E-state index is 10.9. The van der Waals surface area contributed by atoms with Crippen molar-refractivity contribution >= 4 is 17.4 Å². The minimum absolute atomic E-state index is 0.225. The van der Waals surface area contributed by atoms with E-state index in [0.29, 0.717) is 11.4 Å². The Balaban J connectivity index is 2.39. The summed E-state index contributed by atoms with van der Waals surface area (Å²) < 4.78 is 0. The molecule has 3 N–H and O–H groups in total. The number of aliphatic imine (C=N–C) groups is 1. The first-order valence-corrected chi connectivity index (χ1v) is 7.08. The monoisotopic (exact) mass is 306 g/mol. The van der Waals surface area contributed by atoms with Crippen LogP contribution < -0.4 is 5.73 Å². The van der Waals surface area contributed by atoms with Crippen LogP contribution in [-0.2, 0) is 0 Å². The molecule has 2 aromatic rings. The first-order chi connectivity index (χ1) is 11.0. The number of benzene rings is 2. The summed E-state index contributed by atoms with van der Waals surface area (Å²) >= 11 is 0. The summed E-state index contributed by atoms with van der Waals surface area (Å²) in [5.41, 5.74) is 9.78. The van der Waals surface area contributed by atoms with E-state index >= 15 is 0 Å². The molecule has 2 rings (SSSR count). The van der Waals surface area contributed by atoms with Gasteiger partial charge >= 0.3 is 5.97 Å². The number of carbonyl (C=O) groups is 1. The third kappa shape index (κ3) is 3.95. The molecule has 0 saturated carbocycles. The number of aromatic carboxylic acids is 1. The van der Waals surface area contributed by atoms with E-state index in [9.17, 15) is 4.79 Å². The van der Waals surface area contributed by atoms with Crippen LogP contribution in [0.15, 0.2) is 72.4 Å². The quantitative estimate of drug-likeness (QED) is 0.828. The highest BCUT2D eigenvalue weighted by Crippen LogP contribution is 2.19. The number of aryl methyl sites for hydroxylation is 1. The summed E-state index contributed by atoms with van der Waals surface area (Å²) in [5.74, 6) is -0.964. The predicted molar refractivity (Wildman–Crippen MR) is 93.5 cm³/mol. The molecule has 4 heteroatoms. The zero-order valence-corrected chi connectivity index (χ0v) is 12.9. The number of hydrogen-bond donors (Lipinski definition) is 2. The second kappa shape index (κ2) is 7.22. The average Bonchev–Trinajstić information content (AvgIpc) is 2.55. The standard InChI is InChI=1S/C19H18N2O2/c1-13-5-3-4-6-17(13)14(2)21-18(11-12-20)15-7-9-16(10-8-15)19(22)23/h3-12H,2,20H2,1H3,(H,22,23)/b12-11-,21-18?. The zero-order valence-electron chi connectivity index (χ0n) is 12.9. The summed E-state index contributed by atoms with van der Waals surface area (Å²) in [5, 5.41) is 8.96. The van der Waals surface area contributed by atoms with Crippen LogP contribution in [0.2, 0.25) is 0 Å². The van der Waals surface area contributed by atoms with Gasteiger partial charge in [-0.05, 0) is 36.9 Å². The zero-order chi connectivity index (χ0) is 16.8. The molecule has 0 aliphatic heterocycles. The van der Waals surface area contributed by atoms with Crippen LogP contribution in [0.25, 0.3) is 5.70 Å². The number of hydrogen-bond acceptors (Lipinski definition) is 3. The number of carboxylic acids is 1. The Morgan fingerprint density at radius 3 is 2.30 bits per heavy atom. The molecular weight excluding hydrogens is 288 g/mol. The van der Waals surface area contributed by atoms with E-state index in [2.05, 4.69) is 11.6 Å². The molecule has 4 nitrogen and oxygen atoms in total. The van der Waals surface area contributed by atoms with Crippen molar-refractivity contribution < 1.29 is 9.90 Å². The molecule has 0 aliphatic rings. The van der Waals surface area contributed by atoms with Gasteiger partial charge in [-0.25, -0.2) is 9.79 Å². The molecule has 0 unspecified atom stereocenters. The van der Waals surface area contributed by atoms with Crippen LogP contribution >= 0.6 is 0 Å². The van der Waals surface area contributed by atoms with E-state index in [4.69, 9.17) is 10.8 Å². The molecule has 0 radical (unpaired) electrons. The highest BCUT2D eigenvalue weighted by molar-refractivity contribution is 6.11. The third-order valence-corrected chi connectivity index (χ3v) is 3.39. The molecule has 2 aromatic carbocycles. The van der Waals surface area contributed by atoms with Crippen LogP contribution in [0.1, 0.15) is 27.0 Å². The van der Waals surface area contributed by atoms with Crippen molar-refractivity contribution in [1.29, 1.82) is 0 Å². The van der Waals surface area contributed by atoms with Gasteiger partial charge in [0, 0.05) is 11.1 Å². The van der Waals surface area contributed by atoms with Crippen LogP contribution in [0.5, 0.6) is 0 Å². The summed E-state index contributed by atoms with van der Waals surface area (Å²) in [7, 11) is 0. The predicted octanol–water partition coefficient (Wildman–Crippen LogP) is 3.63. The lowest BCUT2D eigenvalue weighted by molar-refractivity contribution is 0.0697. The Labute approximate surface area is 135 Å². The van der Waals surface area contributed by atoms with Crippen molar-refractivity contribution in [3.63, 3.8) is 0 Å². The Morgan fingerprint density at radius 1 is 1.13 bits per heavy atom. The fourth-order valence-corrected chi connectivity index (χ4v) is 2.18. The van der Waals surface area contributed by atoms with Gasteiger partial charge in [0.25, 0.3) is 0 Å². The molecule has 0 amide bonds. The van der Waals surface area contributed by atoms with E-state index in [-0.39, 0.29) is 5.56 Å². The molecule has 23 heavy (non-hydrogen) atoms. The Hall–Kier alpha value is -3.14. The van der Waals surface area contributed by atoms with Crippen LogP contribution in [0, 0.1) is 6.92 Å². The van der Waals surface area contributed by atoms with Crippen molar-refractivity contribution in [3.8, 4) is 0 Å². The summed E-state index contributed by atoms with van der Waals surface area (Å²) in [6.07, 6.45) is 3.06. The molecule has 0 saturated heterocycles. The number of nitrogens with zero attached hydrogens (tertiary/aromatic N) is 1. The van der Waals surface area contributed by atoms with Crippen LogP contribution in [0.4, 0.5) is 0 Å². The van der Waals surface area contributed by atoms with Gasteiger partial charge in [0.15, 0.2) is 0 Å². The third-order valence-electron chi connectivity index (χ3n) is 3.39. The van der Waals surface area contributed by atoms with Crippen LogP contribution in [-0.4, -0.2) is 16.8 Å². The lowest BCUT2D eigenvalue weighted by Crippen LogP contribution is -2.02. The SMILES string of the molecule is C=C(N=C(/C=C\N)c1ccc(C(=O)O)cc1)c1ccccc1C.